The Morgan fingerprint density at radius 2 is 1.62 bits per heavy atom. The predicted molar refractivity (Wildman–Crippen MR) is 124 cm³/mol. The summed E-state index contributed by atoms with van der Waals surface area (Å²) in [6, 6.07) is 23.1. The van der Waals surface area contributed by atoms with Crippen LogP contribution in [-0.4, -0.2) is 23.6 Å². The summed E-state index contributed by atoms with van der Waals surface area (Å²) in [5.74, 6) is 0.0954. The molecule has 0 saturated heterocycles. The molecule has 32 heavy (non-hydrogen) atoms. The third kappa shape index (κ3) is 4.32. The first-order valence-corrected chi connectivity index (χ1v) is 12.5. The number of hydrogen-bond acceptors (Lipinski definition) is 7. The van der Waals surface area contributed by atoms with Gasteiger partial charge in [0.05, 0.1) is 21.5 Å². The van der Waals surface area contributed by atoms with E-state index >= 15 is 0 Å². The molecule has 0 bridgehead atoms. The van der Waals surface area contributed by atoms with Gasteiger partial charge in [-0.05, 0) is 42.3 Å². The van der Waals surface area contributed by atoms with Crippen LogP contribution in [0.3, 0.4) is 0 Å². The SMILES string of the molecule is Cc1ccc(S(=O)(=O)Cc2nnc(Cc3nc4ccc(-c5ccccc5)cc4s3)o2)cc1. The molecule has 0 aliphatic rings. The molecule has 0 aliphatic carbocycles. The van der Waals surface area contributed by atoms with Crippen LogP contribution in [0.25, 0.3) is 21.3 Å². The maximum Gasteiger partial charge on any atom is 0.231 e. The van der Waals surface area contributed by atoms with Gasteiger partial charge in [-0.15, -0.1) is 21.5 Å². The first-order chi connectivity index (χ1) is 15.5. The van der Waals surface area contributed by atoms with Crippen LogP contribution in [0.1, 0.15) is 22.4 Å². The van der Waals surface area contributed by atoms with Crippen molar-refractivity contribution >= 4 is 31.4 Å². The first-order valence-electron chi connectivity index (χ1n) is 10.0. The summed E-state index contributed by atoms with van der Waals surface area (Å²) in [5.41, 5.74) is 4.19. The molecule has 6 nitrogen and oxygen atoms in total. The summed E-state index contributed by atoms with van der Waals surface area (Å²) in [6.45, 7) is 1.91. The quantitative estimate of drug-likeness (QED) is 0.345. The van der Waals surface area contributed by atoms with E-state index in [4.69, 9.17) is 4.42 Å². The van der Waals surface area contributed by atoms with Crippen LogP contribution in [0.2, 0.25) is 0 Å². The Hall–Kier alpha value is -3.36. The fourth-order valence-corrected chi connectivity index (χ4v) is 5.55. The standard InChI is InChI=1S/C24H19N3O3S2/c1-16-7-10-19(11-8-16)32(28,29)15-23-27-26-22(30-23)14-24-25-20-12-9-18(13-21(20)31-24)17-5-3-2-4-6-17/h2-13H,14-15H2,1H3. The third-order valence-corrected chi connectivity index (χ3v) is 7.68. The van der Waals surface area contributed by atoms with Gasteiger partial charge in [-0.3, -0.25) is 0 Å². The van der Waals surface area contributed by atoms with Gasteiger partial charge >= 0.3 is 0 Å². The lowest BCUT2D eigenvalue weighted by molar-refractivity contribution is 0.469. The Morgan fingerprint density at radius 1 is 0.875 bits per heavy atom. The lowest BCUT2D eigenvalue weighted by atomic mass is 10.1. The van der Waals surface area contributed by atoms with Crippen molar-refractivity contribution in [1.29, 1.82) is 0 Å². The van der Waals surface area contributed by atoms with Crippen molar-refractivity contribution in [3.8, 4) is 11.1 Å². The van der Waals surface area contributed by atoms with Gasteiger partial charge in [0, 0.05) is 0 Å². The first kappa shape index (κ1) is 20.5. The molecule has 8 heteroatoms. The minimum Gasteiger partial charge on any atom is -0.424 e. The van der Waals surface area contributed by atoms with E-state index in [-0.39, 0.29) is 16.5 Å². The van der Waals surface area contributed by atoms with Crippen LogP contribution >= 0.6 is 11.3 Å². The number of sulfone groups is 1. The van der Waals surface area contributed by atoms with E-state index in [9.17, 15) is 8.42 Å². The second kappa shape index (κ2) is 8.29. The average Bonchev–Trinajstić information content (AvgIpc) is 3.39. The van der Waals surface area contributed by atoms with Gasteiger partial charge in [-0.25, -0.2) is 13.4 Å². The molecule has 0 fully saturated rings. The van der Waals surface area contributed by atoms with Crippen LogP contribution in [-0.2, 0) is 22.0 Å². The summed E-state index contributed by atoms with van der Waals surface area (Å²) in [7, 11) is -3.55. The Bertz CT molecular complexity index is 1490. The molecule has 0 atom stereocenters. The number of nitrogens with zero attached hydrogens (tertiary/aromatic N) is 3. The number of thiazole rings is 1. The van der Waals surface area contributed by atoms with Crippen LogP contribution in [0, 0.1) is 6.92 Å². The molecule has 160 valence electrons. The van der Waals surface area contributed by atoms with E-state index in [1.165, 1.54) is 0 Å². The van der Waals surface area contributed by atoms with Crippen molar-refractivity contribution in [3.63, 3.8) is 0 Å². The van der Waals surface area contributed by atoms with E-state index in [0.29, 0.717) is 12.3 Å². The number of aromatic nitrogens is 3. The number of aryl methyl sites for hydroxylation is 1. The van der Waals surface area contributed by atoms with Crippen molar-refractivity contribution in [2.75, 3.05) is 0 Å². The van der Waals surface area contributed by atoms with Gasteiger partial charge < -0.3 is 4.42 Å². The molecule has 3 aromatic carbocycles. The van der Waals surface area contributed by atoms with E-state index in [1.54, 1.807) is 35.6 Å². The number of benzene rings is 3. The zero-order valence-electron chi connectivity index (χ0n) is 17.2. The van der Waals surface area contributed by atoms with Gasteiger partial charge in [0.1, 0.15) is 10.8 Å². The van der Waals surface area contributed by atoms with Crippen LogP contribution in [0.4, 0.5) is 0 Å². The second-order valence-corrected chi connectivity index (χ2v) is 10.6. The molecule has 0 spiro atoms. The third-order valence-electron chi connectivity index (χ3n) is 5.04. The van der Waals surface area contributed by atoms with Crippen molar-refractivity contribution in [3.05, 3.63) is 95.1 Å². The Labute approximate surface area is 189 Å². The Kier molecular flexibility index (Phi) is 5.32. The van der Waals surface area contributed by atoms with Crippen LogP contribution < -0.4 is 0 Å². The molecule has 5 aromatic rings. The van der Waals surface area contributed by atoms with E-state index in [2.05, 4.69) is 39.4 Å². The molecule has 0 aliphatic heterocycles. The van der Waals surface area contributed by atoms with Gasteiger partial charge in [-0.2, -0.15) is 0 Å². The molecular formula is C24H19N3O3S2. The summed E-state index contributed by atoms with van der Waals surface area (Å²) < 4.78 is 31.9. The average molecular weight is 462 g/mol. The minimum absolute atomic E-state index is 0.0769. The van der Waals surface area contributed by atoms with E-state index in [0.717, 1.165) is 31.9 Å². The van der Waals surface area contributed by atoms with Crippen molar-refractivity contribution < 1.29 is 12.8 Å². The molecule has 0 N–H and O–H groups in total. The number of hydrogen-bond donors (Lipinski definition) is 0. The maximum atomic E-state index is 12.6. The molecule has 0 unspecified atom stereocenters. The molecule has 0 saturated carbocycles. The maximum absolute atomic E-state index is 12.6. The minimum atomic E-state index is -3.55. The zero-order valence-corrected chi connectivity index (χ0v) is 18.9. The number of fused-ring (bicyclic) bond motifs is 1. The smallest absolute Gasteiger partial charge is 0.231 e. The fraction of sp³-hybridized carbons (Fsp3) is 0.125. The van der Waals surface area contributed by atoms with Crippen molar-refractivity contribution in [2.45, 2.75) is 24.0 Å². The normalized spacial score (nSPS) is 11.8. The molecule has 2 aromatic heterocycles. The largest absolute Gasteiger partial charge is 0.424 e. The fourth-order valence-electron chi connectivity index (χ4n) is 3.40. The van der Waals surface area contributed by atoms with Crippen molar-refractivity contribution in [1.82, 2.24) is 15.2 Å². The van der Waals surface area contributed by atoms with Crippen LogP contribution in [0.15, 0.2) is 82.1 Å². The van der Waals surface area contributed by atoms with Gasteiger partial charge in [0.15, 0.2) is 9.84 Å². The molecule has 5 rings (SSSR count). The zero-order chi connectivity index (χ0) is 22.1. The monoisotopic (exact) mass is 461 g/mol. The molecule has 0 radical (unpaired) electrons. The molecular weight excluding hydrogens is 442 g/mol. The summed E-state index contributed by atoms with van der Waals surface area (Å²) in [5, 5.41) is 8.79. The Balaban J connectivity index is 1.33. The van der Waals surface area contributed by atoms with Gasteiger partial charge in [0.2, 0.25) is 11.8 Å². The molecule has 0 amide bonds. The highest BCUT2D eigenvalue weighted by Gasteiger charge is 2.20. The number of rotatable bonds is 6. The summed E-state index contributed by atoms with van der Waals surface area (Å²) in [4.78, 5) is 4.89. The summed E-state index contributed by atoms with van der Waals surface area (Å²) in [6.07, 6.45) is 0.359. The lowest BCUT2D eigenvalue weighted by Crippen LogP contribution is -2.05. The Morgan fingerprint density at radius 3 is 2.41 bits per heavy atom. The topological polar surface area (TPSA) is 86.0 Å². The van der Waals surface area contributed by atoms with Gasteiger partial charge in [-0.1, -0.05) is 54.1 Å². The van der Waals surface area contributed by atoms with E-state index < -0.39 is 9.84 Å². The predicted octanol–water partition coefficient (Wildman–Crippen LogP) is 5.22. The van der Waals surface area contributed by atoms with Crippen LogP contribution in [0.5, 0.6) is 0 Å². The molecule has 2 heterocycles. The highest BCUT2D eigenvalue weighted by Crippen LogP contribution is 2.29. The highest BCUT2D eigenvalue weighted by molar-refractivity contribution is 7.90. The van der Waals surface area contributed by atoms with Gasteiger partial charge in [0.25, 0.3) is 0 Å². The summed E-state index contributed by atoms with van der Waals surface area (Å²) >= 11 is 1.56. The highest BCUT2D eigenvalue weighted by atomic mass is 32.2. The van der Waals surface area contributed by atoms with E-state index in [1.807, 2.05) is 31.2 Å². The van der Waals surface area contributed by atoms with Crippen molar-refractivity contribution in [2.24, 2.45) is 0 Å². The second-order valence-electron chi connectivity index (χ2n) is 7.49. The lowest BCUT2D eigenvalue weighted by Gasteiger charge is -2.01.